The fourth-order valence-electron chi connectivity index (χ4n) is 3.05. The number of amides is 3. The molecule has 1 aromatic heterocycles. The van der Waals surface area contributed by atoms with E-state index in [1.54, 1.807) is 48.5 Å². The molecule has 2 aromatic carbocycles. The van der Waals surface area contributed by atoms with Crippen molar-refractivity contribution < 1.29 is 23.5 Å². The van der Waals surface area contributed by atoms with Crippen LogP contribution >= 0.6 is 0 Å². The molecule has 0 bridgehead atoms. The van der Waals surface area contributed by atoms with Crippen LogP contribution in [0.15, 0.2) is 63.8 Å². The molecule has 31 heavy (non-hydrogen) atoms. The molecule has 160 valence electrons. The summed E-state index contributed by atoms with van der Waals surface area (Å²) in [6.45, 7) is -0.341. The maximum absolute atomic E-state index is 12.3. The van der Waals surface area contributed by atoms with Crippen LogP contribution in [-0.4, -0.2) is 37.4 Å². The summed E-state index contributed by atoms with van der Waals surface area (Å²) >= 11 is 0. The molecule has 3 rings (SSSR count). The van der Waals surface area contributed by atoms with Crippen molar-refractivity contribution in [2.45, 2.75) is 12.5 Å². The first kappa shape index (κ1) is 21.6. The number of primary amides is 1. The summed E-state index contributed by atoms with van der Waals surface area (Å²) in [6.07, 6.45) is -0.0257. The molecule has 1 atom stereocenters. The molecular weight excluding hydrogens is 402 g/mol. The van der Waals surface area contributed by atoms with E-state index < -0.39 is 29.4 Å². The van der Waals surface area contributed by atoms with Crippen molar-refractivity contribution in [2.24, 2.45) is 5.73 Å². The Morgan fingerprint density at radius 2 is 1.84 bits per heavy atom. The van der Waals surface area contributed by atoms with Crippen molar-refractivity contribution in [2.75, 3.05) is 13.7 Å². The molecular formula is C22H21N3O6. The second-order valence-corrected chi connectivity index (χ2v) is 6.73. The molecule has 0 saturated carbocycles. The monoisotopic (exact) mass is 423 g/mol. The molecule has 0 radical (unpaired) electrons. The van der Waals surface area contributed by atoms with Gasteiger partial charge in [-0.25, -0.2) is 4.79 Å². The number of rotatable bonds is 8. The van der Waals surface area contributed by atoms with Crippen molar-refractivity contribution in [3.63, 3.8) is 0 Å². The molecule has 0 aliphatic rings. The Morgan fingerprint density at radius 1 is 1.10 bits per heavy atom. The van der Waals surface area contributed by atoms with Crippen molar-refractivity contribution in [3.05, 3.63) is 76.1 Å². The fourth-order valence-corrected chi connectivity index (χ4v) is 3.05. The van der Waals surface area contributed by atoms with E-state index in [0.717, 1.165) is 0 Å². The van der Waals surface area contributed by atoms with Gasteiger partial charge in [-0.1, -0.05) is 18.2 Å². The number of hydrogen-bond acceptors (Lipinski definition) is 6. The Hall–Kier alpha value is -4.14. The lowest BCUT2D eigenvalue weighted by atomic mass is 10.0. The van der Waals surface area contributed by atoms with Gasteiger partial charge < -0.3 is 25.5 Å². The molecule has 1 heterocycles. The van der Waals surface area contributed by atoms with Crippen LogP contribution in [0, 0.1) is 0 Å². The van der Waals surface area contributed by atoms with Crippen molar-refractivity contribution in [3.8, 4) is 5.75 Å². The van der Waals surface area contributed by atoms with Crippen LogP contribution in [0.25, 0.3) is 11.0 Å². The summed E-state index contributed by atoms with van der Waals surface area (Å²) in [6, 6.07) is 13.5. The average molecular weight is 423 g/mol. The van der Waals surface area contributed by atoms with E-state index in [-0.39, 0.29) is 18.5 Å². The molecule has 3 amide bonds. The van der Waals surface area contributed by atoms with Crippen LogP contribution in [0.3, 0.4) is 0 Å². The molecule has 3 aromatic rings. The Morgan fingerprint density at radius 3 is 2.52 bits per heavy atom. The van der Waals surface area contributed by atoms with Gasteiger partial charge in [0.05, 0.1) is 13.7 Å². The Balaban J connectivity index is 1.71. The first-order chi connectivity index (χ1) is 14.9. The first-order valence-electron chi connectivity index (χ1n) is 9.40. The largest absolute Gasteiger partial charge is 0.497 e. The van der Waals surface area contributed by atoms with E-state index in [1.807, 2.05) is 0 Å². The minimum atomic E-state index is -1.09. The highest BCUT2D eigenvalue weighted by atomic mass is 16.5. The molecule has 9 nitrogen and oxygen atoms in total. The van der Waals surface area contributed by atoms with Crippen LogP contribution in [0.2, 0.25) is 0 Å². The van der Waals surface area contributed by atoms with Crippen molar-refractivity contribution in [1.82, 2.24) is 10.6 Å². The topological polar surface area (TPSA) is 141 Å². The lowest BCUT2D eigenvalue weighted by Crippen LogP contribution is -2.49. The molecule has 0 fully saturated rings. The number of hydrogen-bond donors (Lipinski definition) is 3. The summed E-state index contributed by atoms with van der Waals surface area (Å²) in [5.74, 6) is -1.30. The predicted molar refractivity (Wildman–Crippen MR) is 113 cm³/mol. The van der Waals surface area contributed by atoms with Gasteiger partial charge in [0.1, 0.15) is 17.4 Å². The van der Waals surface area contributed by atoms with E-state index in [9.17, 15) is 19.2 Å². The zero-order valence-corrected chi connectivity index (χ0v) is 16.7. The van der Waals surface area contributed by atoms with Crippen LogP contribution < -0.4 is 26.7 Å². The lowest BCUT2D eigenvalue weighted by molar-refractivity contribution is -0.126. The van der Waals surface area contributed by atoms with E-state index >= 15 is 0 Å². The van der Waals surface area contributed by atoms with Gasteiger partial charge in [-0.05, 0) is 29.8 Å². The zero-order valence-electron chi connectivity index (χ0n) is 16.7. The second-order valence-electron chi connectivity index (χ2n) is 6.73. The summed E-state index contributed by atoms with van der Waals surface area (Å²) in [4.78, 5) is 48.2. The third-order valence-corrected chi connectivity index (χ3v) is 4.59. The van der Waals surface area contributed by atoms with Gasteiger partial charge >= 0.3 is 5.63 Å². The number of nitrogens with one attached hydrogen (secondary N) is 2. The Bertz CT molecular complexity index is 1170. The molecule has 0 saturated heterocycles. The summed E-state index contributed by atoms with van der Waals surface area (Å²) in [5.41, 5.74) is 6.00. The number of carbonyl (C=O) groups is 3. The summed E-state index contributed by atoms with van der Waals surface area (Å²) in [7, 11) is 1.48. The minimum absolute atomic E-state index is 0.0257. The lowest BCUT2D eigenvalue weighted by Gasteiger charge is -2.17. The maximum atomic E-state index is 12.3. The van der Waals surface area contributed by atoms with Crippen LogP contribution in [-0.2, 0) is 16.0 Å². The van der Waals surface area contributed by atoms with E-state index in [1.165, 1.54) is 13.2 Å². The zero-order chi connectivity index (χ0) is 22.4. The molecule has 0 aliphatic carbocycles. The maximum Gasteiger partial charge on any atom is 0.336 e. The first-order valence-corrected chi connectivity index (χ1v) is 9.40. The quantitative estimate of drug-likeness (QED) is 0.457. The second kappa shape index (κ2) is 9.57. The normalized spacial score (nSPS) is 11.5. The van der Waals surface area contributed by atoms with Gasteiger partial charge in [-0.2, -0.15) is 0 Å². The Labute approximate surface area is 177 Å². The molecule has 0 spiro atoms. The molecule has 9 heteroatoms. The SMILES string of the molecule is COc1ccc2c(C[C@@H](NC(=O)CNC(=O)c3ccccc3)C(N)=O)cc(=O)oc2c1. The number of fused-ring (bicyclic) bond motifs is 1. The molecule has 0 aliphatic heterocycles. The highest BCUT2D eigenvalue weighted by Gasteiger charge is 2.21. The Kier molecular flexibility index (Phi) is 6.66. The fraction of sp³-hybridized carbons (Fsp3) is 0.182. The minimum Gasteiger partial charge on any atom is -0.497 e. The number of methoxy groups -OCH3 is 1. The number of nitrogens with two attached hydrogens (primary N) is 1. The average Bonchev–Trinajstić information content (AvgIpc) is 2.76. The highest BCUT2D eigenvalue weighted by molar-refractivity contribution is 5.97. The molecule has 0 unspecified atom stereocenters. The van der Waals surface area contributed by atoms with Gasteiger partial charge in [-0.15, -0.1) is 0 Å². The van der Waals surface area contributed by atoms with E-state index in [0.29, 0.717) is 22.3 Å². The van der Waals surface area contributed by atoms with Gasteiger partial charge in [0.2, 0.25) is 11.8 Å². The summed E-state index contributed by atoms with van der Waals surface area (Å²) in [5, 5.41) is 5.55. The van der Waals surface area contributed by atoms with E-state index in [4.69, 9.17) is 14.9 Å². The number of carbonyl (C=O) groups excluding carboxylic acids is 3. The van der Waals surface area contributed by atoms with Gasteiger partial charge in [-0.3, -0.25) is 14.4 Å². The van der Waals surface area contributed by atoms with Crippen molar-refractivity contribution in [1.29, 1.82) is 0 Å². The number of benzene rings is 2. The van der Waals surface area contributed by atoms with Crippen molar-refractivity contribution >= 4 is 28.7 Å². The van der Waals surface area contributed by atoms with Gasteiger partial charge in [0.15, 0.2) is 0 Å². The van der Waals surface area contributed by atoms with Gasteiger partial charge in [0.25, 0.3) is 5.91 Å². The van der Waals surface area contributed by atoms with Crippen LogP contribution in [0.5, 0.6) is 5.75 Å². The standard InChI is InChI=1S/C22H21N3O6/c1-30-15-7-8-16-14(10-20(27)31-18(16)11-15)9-17(21(23)28)25-19(26)12-24-22(29)13-5-3-2-4-6-13/h2-8,10-11,17H,9,12H2,1H3,(H2,23,28)(H,24,29)(H,25,26)/t17-/m1/s1. The van der Waals surface area contributed by atoms with Crippen LogP contribution in [0.4, 0.5) is 0 Å². The third-order valence-electron chi connectivity index (χ3n) is 4.59. The smallest absolute Gasteiger partial charge is 0.336 e. The predicted octanol–water partition coefficient (Wildman–Crippen LogP) is 0.744. The molecule has 4 N–H and O–H groups in total. The highest BCUT2D eigenvalue weighted by Crippen LogP contribution is 2.23. The van der Waals surface area contributed by atoms with E-state index in [2.05, 4.69) is 10.6 Å². The summed E-state index contributed by atoms with van der Waals surface area (Å²) < 4.78 is 10.3. The van der Waals surface area contributed by atoms with Crippen LogP contribution in [0.1, 0.15) is 15.9 Å². The third kappa shape index (κ3) is 5.47. The van der Waals surface area contributed by atoms with Gasteiger partial charge in [0, 0.05) is 29.5 Å². The number of ether oxygens (including phenoxy) is 1.